The summed E-state index contributed by atoms with van der Waals surface area (Å²) in [6.07, 6.45) is 4.12. The summed E-state index contributed by atoms with van der Waals surface area (Å²) in [6.45, 7) is 6.96. The largest absolute Gasteiger partial charge is 0.485 e. The second kappa shape index (κ2) is 7.24. The molecule has 2 heterocycles. The van der Waals surface area contributed by atoms with E-state index in [-0.39, 0.29) is 58.3 Å². The number of nitro groups is 1. The number of nitrogens with zero attached hydrogens (tertiary/aromatic N) is 1. The summed E-state index contributed by atoms with van der Waals surface area (Å²) >= 11 is 0. The molecule has 4 aliphatic rings. The van der Waals surface area contributed by atoms with Crippen LogP contribution >= 0.6 is 0 Å². The first kappa shape index (κ1) is 21.1. The average Bonchev–Trinajstić information content (AvgIpc) is 2.87. The average molecular weight is 421 g/mol. The zero-order valence-electron chi connectivity index (χ0n) is 18.1. The molecule has 0 amide bonds. The fraction of sp³-hybridized carbons (Fsp3) is 0.818. The van der Waals surface area contributed by atoms with Gasteiger partial charge >= 0.3 is 11.9 Å². The third-order valence-corrected chi connectivity index (χ3v) is 8.14. The molecule has 1 saturated heterocycles. The van der Waals surface area contributed by atoms with E-state index < -0.39 is 11.7 Å². The van der Waals surface area contributed by atoms with Crippen LogP contribution < -0.4 is 0 Å². The molecule has 0 aromatic rings. The minimum atomic E-state index is -0.519. The molecule has 2 aliphatic carbocycles. The summed E-state index contributed by atoms with van der Waals surface area (Å²) in [6, 6.07) is 0. The van der Waals surface area contributed by atoms with Crippen LogP contribution in [0.5, 0.6) is 0 Å². The molecule has 7 atom stereocenters. The Morgan fingerprint density at radius 1 is 1.03 bits per heavy atom. The van der Waals surface area contributed by atoms with Crippen LogP contribution in [0, 0.1) is 33.3 Å². The van der Waals surface area contributed by atoms with Crippen molar-refractivity contribution in [2.75, 3.05) is 0 Å². The van der Waals surface area contributed by atoms with Gasteiger partial charge in [0, 0.05) is 31.6 Å². The molecule has 8 heteroatoms. The van der Waals surface area contributed by atoms with Gasteiger partial charge in [0.05, 0.1) is 10.8 Å². The quantitative estimate of drug-likeness (QED) is 0.388. The molecule has 30 heavy (non-hydrogen) atoms. The maximum Gasteiger partial charge on any atom is 0.302 e. The van der Waals surface area contributed by atoms with E-state index in [2.05, 4.69) is 13.8 Å². The molecule has 0 radical (unpaired) electrons. The van der Waals surface area contributed by atoms with Gasteiger partial charge in [0.15, 0.2) is 5.76 Å². The van der Waals surface area contributed by atoms with Gasteiger partial charge < -0.3 is 14.2 Å². The van der Waals surface area contributed by atoms with Crippen LogP contribution in [0.2, 0.25) is 0 Å². The van der Waals surface area contributed by atoms with Crippen molar-refractivity contribution in [2.24, 2.45) is 23.2 Å². The Bertz CT molecular complexity index is 807. The highest BCUT2D eigenvalue weighted by Crippen LogP contribution is 2.63. The van der Waals surface area contributed by atoms with Crippen molar-refractivity contribution < 1.29 is 28.7 Å². The van der Waals surface area contributed by atoms with Crippen LogP contribution in [0.1, 0.15) is 72.6 Å². The molecule has 0 spiro atoms. The summed E-state index contributed by atoms with van der Waals surface area (Å²) in [5.41, 5.74) is -0.647. The molecular formula is C22H31NO7. The van der Waals surface area contributed by atoms with Crippen LogP contribution in [0.3, 0.4) is 0 Å². The predicted octanol–water partition coefficient (Wildman–Crippen LogP) is 3.75. The molecule has 0 N–H and O–H groups in total. The number of carbonyl (C=O) groups excluding carboxylic acids is 2. The van der Waals surface area contributed by atoms with Crippen molar-refractivity contribution in [1.82, 2.24) is 0 Å². The van der Waals surface area contributed by atoms with E-state index in [1.165, 1.54) is 13.8 Å². The summed E-state index contributed by atoms with van der Waals surface area (Å²) in [5.74, 6) is -0.475. The fourth-order valence-corrected chi connectivity index (χ4v) is 6.85. The Morgan fingerprint density at radius 3 is 2.37 bits per heavy atom. The van der Waals surface area contributed by atoms with Crippen molar-refractivity contribution in [1.29, 1.82) is 0 Å². The predicted molar refractivity (Wildman–Crippen MR) is 106 cm³/mol. The number of hydrogen-bond acceptors (Lipinski definition) is 7. The highest BCUT2D eigenvalue weighted by Gasteiger charge is 2.64. The van der Waals surface area contributed by atoms with Gasteiger partial charge in [-0.25, -0.2) is 0 Å². The molecule has 4 rings (SSSR count). The highest BCUT2D eigenvalue weighted by molar-refractivity contribution is 5.66. The van der Waals surface area contributed by atoms with Gasteiger partial charge in [0.1, 0.15) is 17.8 Å². The molecule has 2 aliphatic heterocycles. The first-order valence-corrected chi connectivity index (χ1v) is 11.0. The van der Waals surface area contributed by atoms with Gasteiger partial charge in [-0.15, -0.1) is 0 Å². The molecule has 2 saturated carbocycles. The second-order valence-corrected chi connectivity index (χ2v) is 9.91. The highest BCUT2D eigenvalue weighted by atomic mass is 16.6. The van der Waals surface area contributed by atoms with Gasteiger partial charge in [-0.05, 0) is 51.4 Å². The van der Waals surface area contributed by atoms with Crippen molar-refractivity contribution in [3.05, 3.63) is 21.6 Å². The molecule has 0 unspecified atom stereocenters. The molecule has 166 valence electrons. The normalized spacial score (nSPS) is 42.3. The second-order valence-electron chi connectivity index (χ2n) is 9.91. The van der Waals surface area contributed by atoms with Crippen molar-refractivity contribution in [2.45, 2.75) is 90.4 Å². The van der Waals surface area contributed by atoms with E-state index in [0.717, 1.165) is 25.7 Å². The first-order valence-electron chi connectivity index (χ1n) is 11.0. The lowest BCUT2D eigenvalue weighted by Crippen LogP contribution is -2.55. The third kappa shape index (κ3) is 3.28. The fourth-order valence-electron chi connectivity index (χ4n) is 6.85. The smallest absolute Gasteiger partial charge is 0.302 e. The van der Waals surface area contributed by atoms with Crippen LogP contribution in [0.15, 0.2) is 11.5 Å². The lowest BCUT2D eigenvalue weighted by Gasteiger charge is -2.53. The van der Waals surface area contributed by atoms with Crippen molar-refractivity contribution in [3.8, 4) is 0 Å². The molecule has 2 bridgehead atoms. The molecular weight excluding hydrogens is 390 g/mol. The van der Waals surface area contributed by atoms with Crippen molar-refractivity contribution >= 4 is 11.9 Å². The number of rotatable bonds is 3. The maximum absolute atomic E-state index is 12.3. The van der Waals surface area contributed by atoms with Crippen LogP contribution in [0.25, 0.3) is 0 Å². The Balaban J connectivity index is 1.76. The first-order chi connectivity index (χ1) is 14.0. The number of ether oxygens (including phenoxy) is 3. The number of hydrogen-bond donors (Lipinski definition) is 0. The molecule has 0 aromatic heterocycles. The summed E-state index contributed by atoms with van der Waals surface area (Å²) in [4.78, 5) is 35.2. The van der Waals surface area contributed by atoms with Gasteiger partial charge in [-0.1, -0.05) is 6.92 Å². The monoisotopic (exact) mass is 421 g/mol. The lowest BCUT2D eigenvalue weighted by molar-refractivity contribution is -0.449. The Labute approximate surface area is 176 Å². The van der Waals surface area contributed by atoms with Gasteiger partial charge in [-0.2, -0.15) is 0 Å². The third-order valence-electron chi connectivity index (χ3n) is 8.14. The number of fused-ring (bicyclic) bond motifs is 6. The standard InChI is InChI=1S/C22H31NO7/c1-12(24)28-14-7-10-22(4)16-8-9-21(3)15(5-6-18(21)29-13(2)25)19(16)20(23(26)27)17(11-14)30-22/h14-16,18-19H,5-11H2,1-4H3/t14-,15-,16-,18-,19-,21-,22+/m0/s1. The summed E-state index contributed by atoms with van der Waals surface area (Å²) < 4.78 is 17.4. The number of allylic oxidation sites excluding steroid dienone is 1. The van der Waals surface area contributed by atoms with Crippen LogP contribution in [-0.2, 0) is 23.8 Å². The number of esters is 2. The van der Waals surface area contributed by atoms with E-state index in [1.807, 2.05) is 0 Å². The minimum absolute atomic E-state index is 0.0203. The molecule has 8 nitrogen and oxygen atoms in total. The van der Waals surface area contributed by atoms with Crippen LogP contribution in [-0.4, -0.2) is 34.7 Å². The summed E-state index contributed by atoms with van der Waals surface area (Å²) in [7, 11) is 0. The maximum atomic E-state index is 12.3. The van der Waals surface area contributed by atoms with E-state index in [0.29, 0.717) is 18.6 Å². The van der Waals surface area contributed by atoms with E-state index in [4.69, 9.17) is 14.2 Å². The topological polar surface area (TPSA) is 105 Å². The molecule has 3 fully saturated rings. The van der Waals surface area contributed by atoms with Crippen LogP contribution in [0.4, 0.5) is 0 Å². The number of carbonyl (C=O) groups is 2. The van der Waals surface area contributed by atoms with E-state index in [1.54, 1.807) is 0 Å². The van der Waals surface area contributed by atoms with Crippen molar-refractivity contribution in [3.63, 3.8) is 0 Å². The SMILES string of the molecule is CC(=O)O[C@H]1CC[C@@]2(C)OC(=C([N+](=O)[O-])[C@H]3[C@@H]4CC[C@H](OC(C)=O)[C@@]4(C)CC[C@@H]32)C1. The Morgan fingerprint density at radius 2 is 1.73 bits per heavy atom. The van der Waals surface area contributed by atoms with E-state index >= 15 is 0 Å². The van der Waals surface area contributed by atoms with Gasteiger partial charge in [0.2, 0.25) is 0 Å². The minimum Gasteiger partial charge on any atom is -0.485 e. The lowest BCUT2D eigenvalue weighted by atomic mass is 9.54. The zero-order chi connectivity index (χ0) is 21.8. The Hall–Kier alpha value is -2.12. The zero-order valence-corrected chi connectivity index (χ0v) is 18.1. The molecule has 0 aromatic carbocycles. The van der Waals surface area contributed by atoms with Gasteiger partial charge in [-0.3, -0.25) is 19.7 Å². The summed E-state index contributed by atoms with van der Waals surface area (Å²) in [5, 5.41) is 12.3. The van der Waals surface area contributed by atoms with E-state index in [9.17, 15) is 19.7 Å². The Kier molecular flexibility index (Phi) is 5.10. The van der Waals surface area contributed by atoms with Gasteiger partial charge in [0.25, 0.3) is 5.70 Å².